The molecule has 0 aromatic rings. The zero-order chi connectivity index (χ0) is 17.9. The fourth-order valence-corrected chi connectivity index (χ4v) is 5.12. The highest BCUT2D eigenvalue weighted by atomic mass is 16.3. The number of Topliss-reactive ketones (excluding diaryl/α,β-unsaturated/α-hetero) is 2. The number of ketones is 2. The molecule has 0 saturated heterocycles. The van der Waals surface area contributed by atoms with Crippen LogP contribution in [0.2, 0.25) is 0 Å². The van der Waals surface area contributed by atoms with Crippen molar-refractivity contribution in [2.45, 2.75) is 65.1 Å². The van der Waals surface area contributed by atoms with Crippen molar-refractivity contribution in [3.05, 3.63) is 23.8 Å². The van der Waals surface area contributed by atoms with Crippen LogP contribution in [0.15, 0.2) is 23.8 Å². The van der Waals surface area contributed by atoms with Crippen molar-refractivity contribution in [3.63, 3.8) is 0 Å². The summed E-state index contributed by atoms with van der Waals surface area (Å²) >= 11 is 0. The second-order valence-corrected chi connectivity index (χ2v) is 8.64. The Balaban J connectivity index is 2.05. The van der Waals surface area contributed by atoms with Crippen LogP contribution in [-0.2, 0) is 9.59 Å². The second kappa shape index (κ2) is 5.63. The molecule has 1 fully saturated rings. The van der Waals surface area contributed by atoms with E-state index in [2.05, 4.69) is 6.58 Å². The Labute approximate surface area is 143 Å². The van der Waals surface area contributed by atoms with Gasteiger partial charge in [0.05, 0.1) is 12.2 Å². The maximum Gasteiger partial charge on any atom is 0.187 e. The minimum absolute atomic E-state index is 0.131. The van der Waals surface area contributed by atoms with Gasteiger partial charge in [-0.15, -0.1) is 0 Å². The predicted octanol–water partition coefficient (Wildman–Crippen LogP) is 2.59. The van der Waals surface area contributed by atoms with Gasteiger partial charge < -0.3 is 10.2 Å². The molecule has 0 spiro atoms. The average molecular weight is 332 g/mol. The van der Waals surface area contributed by atoms with Crippen LogP contribution in [0.5, 0.6) is 0 Å². The van der Waals surface area contributed by atoms with Crippen LogP contribution in [0.1, 0.15) is 52.9 Å². The van der Waals surface area contributed by atoms with E-state index in [1.165, 1.54) is 0 Å². The summed E-state index contributed by atoms with van der Waals surface area (Å²) < 4.78 is 0. The summed E-state index contributed by atoms with van der Waals surface area (Å²) in [6.45, 7) is 9.79. The van der Waals surface area contributed by atoms with Gasteiger partial charge in [-0.2, -0.15) is 0 Å². The molecule has 3 rings (SSSR count). The van der Waals surface area contributed by atoms with Crippen molar-refractivity contribution >= 4 is 11.6 Å². The van der Waals surface area contributed by atoms with Crippen LogP contribution in [0.4, 0.5) is 0 Å². The van der Waals surface area contributed by atoms with E-state index >= 15 is 0 Å². The number of aliphatic hydroxyl groups is 2. The van der Waals surface area contributed by atoms with Crippen molar-refractivity contribution in [2.75, 3.05) is 0 Å². The fourth-order valence-electron chi connectivity index (χ4n) is 5.12. The lowest BCUT2D eigenvalue weighted by Crippen LogP contribution is -2.54. The van der Waals surface area contributed by atoms with E-state index in [0.29, 0.717) is 43.3 Å². The number of carbonyl (C=O) groups is 2. The average Bonchev–Trinajstić information content (AvgIpc) is 2.80. The summed E-state index contributed by atoms with van der Waals surface area (Å²) in [7, 11) is 0. The first-order chi connectivity index (χ1) is 11.1. The molecule has 0 amide bonds. The maximum absolute atomic E-state index is 13.1. The molecular formula is C20H28O4. The van der Waals surface area contributed by atoms with E-state index < -0.39 is 23.0 Å². The number of hydrogen-bond acceptors (Lipinski definition) is 4. The molecule has 0 aromatic carbocycles. The molecule has 0 unspecified atom stereocenters. The first kappa shape index (κ1) is 17.6. The van der Waals surface area contributed by atoms with Gasteiger partial charge in [0.2, 0.25) is 0 Å². The Morgan fingerprint density at radius 1 is 1.17 bits per heavy atom. The van der Waals surface area contributed by atoms with Crippen molar-refractivity contribution < 1.29 is 19.8 Å². The maximum atomic E-state index is 13.1. The Bertz CT molecular complexity index is 630. The summed E-state index contributed by atoms with van der Waals surface area (Å²) in [5, 5.41) is 21.2. The minimum atomic E-state index is -0.904. The fraction of sp³-hybridized carbons (Fsp3) is 0.700. The third kappa shape index (κ3) is 2.42. The Kier molecular flexibility index (Phi) is 4.12. The van der Waals surface area contributed by atoms with Crippen LogP contribution >= 0.6 is 0 Å². The molecule has 4 heteroatoms. The van der Waals surface area contributed by atoms with Gasteiger partial charge in [-0.3, -0.25) is 9.59 Å². The third-order valence-electron chi connectivity index (χ3n) is 6.98. The van der Waals surface area contributed by atoms with E-state index in [0.717, 1.165) is 0 Å². The number of rotatable bonds is 0. The molecule has 0 radical (unpaired) electrons. The van der Waals surface area contributed by atoms with Crippen LogP contribution < -0.4 is 0 Å². The topological polar surface area (TPSA) is 74.6 Å². The summed E-state index contributed by atoms with van der Waals surface area (Å²) in [6, 6.07) is 0. The van der Waals surface area contributed by atoms with Crippen molar-refractivity contribution in [1.29, 1.82) is 0 Å². The highest BCUT2D eigenvalue weighted by Gasteiger charge is 2.55. The normalized spacial score (nSPS) is 42.5. The SMILES string of the molecule is C=C1C(=O)C2=C[C@H]1CCC(=O)[C@]1(C)CC[C@@H](O)C(C)(C)[C@H]1C[C@H]2O. The van der Waals surface area contributed by atoms with Crippen LogP contribution in [-0.4, -0.2) is 34.0 Å². The van der Waals surface area contributed by atoms with Crippen molar-refractivity contribution in [2.24, 2.45) is 22.7 Å². The summed E-state index contributed by atoms with van der Waals surface area (Å²) in [4.78, 5) is 25.5. The smallest absolute Gasteiger partial charge is 0.187 e. The van der Waals surface area contributed by atoms with Gasteiger partial charge in [-0.05, 0) is 42.6 Å². The zero-order valence-corrected chi connectivity index (χ0v) is 14.8. The minimum Gasteiger partial charge on any atom is -0.393 e. The Morgan fingerprint density at radius 3 is 2.50 bits per heavy atom. The summed E-state index contributed by atoms with van der Waals surface area (Å²) in [6.07, 6.45) is 2.93. The first-order valence-electron chi connectivity index (χ1n) is 8.93. The lowest BCUT2D eigenvalue weighted by Gasteiger charge is -2.53. The molecule has 132 valence electrons. The van der Waals surface area contributed by atoms with Crippen LogP contribution in [0.25, 0.3) is 0 Å². The lowest BCUT2D eigenvalue weighted by atomic mass is 9.52. The number of aliphatic hydroxyl groups excluding tert-OH is 2. The molecule has 5 atom stereocenters. The summed E-state index contributed by atoms with van der Waals surface area (Å²) in [5.74, 6) is -0.287. The van der Waals surface area contributed by atoms with E-state index in [1.807, 2.05) is 20.8 Å². The van der Waals surface area contributed by atoms with Crippen LogP contribution in [0, 0.1) is 22.7 Å². The Hall–Kier alpha value is -1.26. The molecule has 4 nitrogen and oxygen atoms in total. The highest BCUT2D eigenvalue weighted by Crippen LogP contribution is 2.55. The van der Waals surface area contributed by atoms with Gasteiger partial charge in [-0.25, -0.2) is 0 Å². The summed E-state index contributed by atoms with van der Waals surface area (Å²) in [5.41, 5.74) is -0.129. The lowest BCUT2D eigenvalue weighted by molar-refractivity contribution is -0.150. The number of hydrogen-bond donors (Lipinski definition) is 2. The molecule has 0 aliphatic heterocycles. The standard InChI is InChI=1S/C20H28O4/c1-11-12-5-6-17(23)20(4)8-7-16(22)19(2,3)15(20)10-14(21)13(9-12)18(11)24/h9,12,14-16,21-22H,1,5-8,10H2,2-4H3/t12-,14-,15-,16-,20-/m1/s1. The molecule has 2 N–H and O–H groups in total. The van der Waals surface area contributed by atoms with E-state index in [4.69, 9.17) is 0 Å². The van der Waals surface area contributed by atoms with Gasteiger partial charge in [0, 0.05) is 23.3 Å². The molecular weight excluding hydrogens is 304 g/mol. The van der Waals surface area contributed by atoms with E-state index in [1.54, 1.807) is 6.08 Å². The molecule has 0 heterocycles. The molecule has 2 bridgehead atoms. The second-order valence-electron chi connectivity index (χ2n) is 8.64. The van der Waals surface area contributed by atoms with Crippen molar-refractivity contribution in [3.8, 4) is 0 Å². The van der Waals surface area contributed by atoms with Gasteiger partial charge in [0.15, 0.2) is 5.78 Å². The number of fused-ring (bicyclic) bond motifs is 2. The molecule has 1 saturated carbocycles. The van der Waals surface area contributed by atoms with Gasteiger partial charge in [0.1, 0.15) is 5.78 Å². The van der Waals surface area contributed by atoms with E-state index in [9.17, 15) is 19.8 Å². The first-order valence-corrected chi connectivity index (χ1v) is 8.93. The van der Waals surface area contributed by atoms with E-state index in [-0.39, 0.29) is 23.4 Å². The molecule has 0 aromatic heterocycles. The third-order valence-corrected chi connectivity index (χ3v) is 6.98. The van der Waals surface area contributed by atoms with Crippen molar-refractivity contribution in [1.82, 2.24) is 0 Å². The number of allylic oxidation sites excluding steroid dienone is 2. The predicted molar refractivity (Wildman–Crippen MR) is 91.2 cm³/mol. The highest BCUT2D eigenvalue weighted by molar-refractivity contribution is 6.11. The van der Waals surface area contributed by atoms with Gasteiger partial charge in [0.25, 0.3) is 0 Å². The van der Waals surface area contributed by atoms with Gasteiger partial charge >= 0.3 is 0 Å². The molecule has 3 aliphatic carbocycles. The van der Waals surface area contributed by atoms with Crippen LogP contribution in [0.3, 0.4) is 0 Å². The molecule has 24 heavy (non-hydrogen) atoms. The number of carbonyl (C=O) groups excluding carboxylic acids is 2. The quantitative estimate of drug-likeness (QED) is 0.669. The molecule has 3 aliphatic rings. The van der Waals surface area contributed by atoms with Gasteiger partial charge in [-0.1, -0.05) is 33.4 Å². The monoisotopic (exact) mass is 332 g/mol. The largest absolute Gasteiger partial charge is 0.393 e. The zero-order valence-electron chi connectivity index (χ0n) is 14.8. The Morgan fingerprint density at radius 2 is 1.83 bits per heavy atom.